The van der Waals surface area contributed by atoms with Gasteiger partial charge in [-0.3, -0.25) is 10.1 Å². The van der Waals surface area contributed by atoms with Crippen molar-refractivity contribution in [2.75, 3.05) is 0 Å². The Hall–Kier alpha value is -2.76. The predicted molar refractivity (Wildman–Crippen MR) is 69.9 cm³/mol. The van der Waals surface area contributed by atoms with E-state index in [9.17, 15) is 14.5 Å². The molecule has 0 saturated carbocycles. The molecule has 100 valence electrons. The zero-order valence-corrected chi connectivity index (χ0v) is 10.2. The molecule has 0 spiro atoms. The number of nitro groups is 1. The Balaban J connectivity index is 1.92. The summed E-state index contributed by atoms with van der Waals surface area (Å²) in [5.41, 5.74) is 1.76. The molecule has 0 atom stereocenters. The molecule has 3 aromatic rings. The van der Waals surface area contributed by atoms with Crippen LogP contribution in [0.25, 0.3) is 11.1 Å². The van der Waals surface area contributed by atoms with Crippen LogP contribution in [0.1, 0.15) is 11.5 Å². The van der Waals surface area contributed by atoms with Crippen molar-refractivity contribution in [1.29, 1.82) is 0 Å². The van der Waals surface area contributed by atoms with Crippen LogP contribution in [0.3, 0.4) is 0 Å². The van der Waals surface area contributed by atoms with Crippen LogP contribution in [-0.2, 0) is 6.42 Å². The van der Waals surface area contributed by atoms with E-state index in [0.717, 1.165) is 5.56 Å². The van der Waals surface area contributed by atoms with E-state index in [2.05, 4.69) is 4.98 Å². The lowest BCUT2D eigenvalue weighted by Gasteiger charge is -1.96. The summed E-state index contributed by atoms with van der Waals surface area (Å²) >= 11 is 0. The van der Waals surface area contributed by atoms with Crippen molar-refractivity contribution < 1.29 is 13.7 Å². The average Bonchev–Trinajstić information content (AvgIpc) is 2.82. The minimum absolute atomic E-state index is 0.0286. The fraction of sp³-hybridized carbons (Fsp3) is 0.0714. The van der Waals surface area contributed by atoms with Gasteiger partial charge in [-0.2, -0.15) is 0 Å². The maximum atomic E-state index is 12.8. The third-order valence-corrected chi connectivity index (χ3v) is 2.89. The lowest BCUT2D eigenvalue weighted by molar-refractivity contribution is -0.384. The summed E-state index contributed by atoms with van der Waals surface area (Å²) in [4.78, 5) is 14.4. The predicted octanol–water partition coefficient (Wildman–Crippen LogP) is 3.47. The summed E-state index contributed by atoms with van der Waals surface area (Å²) in [5.74, 6) is 0.133. The van der Waals surface area contributed by atoms with Crippen LogP contribution in [0, 0.1) is 15.9 Å². The normalized spacial score (nSPS) is 10.8. The first-order valence-electron chi connectivity index (χ1n) is 5.90. The SMILES string of the molecule is O=[N+]([O-])c1ccc2oc(Cc3ccc(F)cc3)nc2c1. The van der Waals surface area contributed by atoms with Crippen molar-refractivity contribution in [3.8, 4) is 0 Å². The molecule has 0 bridgehead atoms. The molecule has 6 heteroatoms. The molecule has 0 N–H and O–H groups in total. The van der Waals surface area contributed by atoms with Crippen molar-refractivity contribution in [2.45, 2.75) is 6.42 Å². The second kappa shape index (κ2) is 4.73. The van der Waals surface area contributed by atoms with Crippen molar-refractivity contribution in [1.82, 2.24) is 4.98 Å². The summed E-state index contributed by atoms with van der Waals surface area (Å²) in [6.07, 6.45) is 0.406. The maximum Gasteiger partial charge on any atom is 0.271 e. The van der Waals surface area contributed by atoms with Crippen molar-refractivity contribution >= 4 is 16.8 Å². The lowest BCUT2D eigenvalue weighted by atomic mass is 10.1. The van der Waals surface area contributed by atoms with Crippen LogP contribution in [0.4, 0.5) is 10.1 Å². The molecule has 0 fully saturated rings. The third-order valence-electron chi connectivity index (χ3n) is 2.89. The number of halogens is 1. The van der Waals surface area contributed by atoms with E-state index in [4.69, 9.17) is 4.42 Å². The van der Waals surface area contributed by atoms with Crippen LogP contribution in [-0.4, -0.2) is 9.91 Å². The van der Waals surface area contributed by atoms with Gasteiger partial charge in [0.05, 0.1) is 4.92 Å². The van der Waals surface area contributed by atoms with E-state index >= 15 is 0 Å². The molecule has 0 aliphatic rings. The van der Waals surface area contributed by atoms with Gasteiger partial charge in [0.15, 0.2) is 11.5 Å². The van der Waals surface area contributed by atoms with Crippen LogP contribution in [0.2, 0.25) is 0 Å². The van der Waals surface area contributed by atoms with E-state index in [1.165, 1.54) is 30.3 Å². The van der Waals surface area contributed by atoms with Crippen molar-refractivity contribution in [3.63, 3.8) is 0 Å². The highest BCUT2D eigenvalue weighted by molar-refractivity contribution is 5.75. The molecule has 3 rings (SSSR count). The molecule has 0 aliphatic carbocycles. The largest absolute Gasteiger partial charge is 0.440 e. The summed E-state index contributed by atoms with van der Waals surface area (Å²) in [7, 11) is 0. The van der Waals surface area contributed by atoms with E-state index in [-0.39, 0.29) is 11.5 Å². The molecule has 20 heavy (non-hydrogen) atoms. The Morgan fingerprint density at radius 1 is 1.20 bits per heavy atom. The number of hydrogen-bond donors (Lipinski definition) is 0. The molecular weight excluding hydrogens is 263 g/mol. The molecular formula is C14H9FN2O3. The second-order valence-electron chi connectivity index (χ2n) is 4.32. The third kappa shape index (κ3) is 2.35. The topological polar surface area (TPSA) is 69.2 Å². The van der Waals surface area contributed by atoms with Crippen LogP contribution in [0.15, 0.2) is 46.9 Å². The fourth-order valence-corrected chi connectivity index (χ4v) is 1.93. The van der Waals surface area contributed by atoms with Gasteiger partial charge in [-0.25, -0.2) is 9.37 Å². The van der Waals surface area contributed by atoms with Gasteiger partial charge in [0.2, 0.25) is 0 Å². The first kappa shape index (κ1) is 12.3. The number of benzene rings is 2. The van der Waals surface area contributed by atoms with Crippen molar-refractivity contribution in [3.05, 3.63) is 69.9 Å². The van der Waals surface area contributed by atoms with Gasteiger partial charge < -0.3 is 4.42 Å². The number of aromatic nitrogens is 1. The first-order chi connectivity index (χ1) is 9.61. The highest BCUT2D eigenvalue weighted by Gasteiger charge is 2.11. The first-order valence-corrected chi connectivity index (χ1v) is 5.90. The molecule has 5 nitrogen and oxygen atoms in total. The standard InChI is InChI=1S/C14H9FN2O3/c15-10-3-1-9(2-4-10)7-14-16-12-8-11(17(18)19)5-6-13(12)20-14/h1-6,8H,7H2. The number of hydrogen-bond acceptors (Lipinski definition) is 4. The molecule has 1 heterocycles. The highest BCUT2D eigenvalue weighted by atomic mass is 19.1. The van der Waals surface area contributed by atoms with Crippen LogP contribution >= 0.6 is 0 Å². The van der Waals surface area contributed by atoms with Gasteiger partial charge in [-0.05, 0) is 23.8 Å². The van der Waals surface area contributed by atoms with E-state index in [1.807, 2.05) is 0 Å². The number of oxazole rings is 1. The minimum atomic E-state index is -0.478. The average molecular weight is 272 g/mol. The molecule has 0 aliphatic heterocycles. The molecule has 0 radical (unpaired) electrons. The van der Waals surface area contributed by atoms with Gasteiger partial charge in [-0.15, -0.1) is 0 Å². The number of nitrogens with zero attached hydrogens (tertiary/aromatic N) is 2. The molecule has 0 amide bonds. The summed E-state index contributed by atoms with van der Waals surface area (Å²) in [5, 5.41) is 10.7. The van der Waals surface area contributed by atoms with Gasteiger partial charge in [0, 0.05) is 18.6 Å². The summed E-state index contributed by atoms with van der Waals surface area (Å²) in [6.45, 7) is 0. The molecule has 2 aromatic carbocycles. The fourth-order valence-electron chi connectivity index (χ4n) is 1.93. The Morgan fingerprint density at radius 2 is 1.95 bits per heavy atom. The smallest absolute Gasteiger partial charge is 0.271 e. The maximum absolute atomic E-state index is 12.8. The van der Waals surface area contributed by atoms with Gasteiger partial charge in [-0.1, -0.05) is 12.1 Å². The zero-order chi connectivity index (χ0) is 14.1. The zero-order valence-electron chi connectivity index (χ0n) is 10.2. The lowest BCUT2D eigenvalue weighted by Crippen LogP contribution is -1.88. The van der Waals surface area contributed by atoms with E-state index in [0.29, 0.717) is 23.4 Å². The van der Waals surface area contributed by atoms with Crippen LogP contribution in [0.5, 0.6) is 0 Å². The quantitative estimate of drug-likeness (QED) is 0.540. The highest BCUT2D eigenvalue weighted by Crippen LogP contribution is 2.22. The van der Waals surface area contributed by atoms with Crippen molar-refractivity contribution in [2.24, 2.45) is 0 Å². The summed E-state index contributed by atoms with van der Waals surface area (Å²) < 4.78 is 18.3. The Kier molecular flexibility index (Phi) is 2.90. The Bertz CT molecular complexity index is 781. The molecule has 1 aromatic heterocycles. The van der Waals surface area contributed by atoms with E-state index in [1.54, 1.807) is 12.1 Å². The Morgan fingerprint density at radius 3 is 2.65 bits per heavy atom. The molecule has 0 unspecified atom stereocenters. The number of fused-ring (bicyclic) bond motifs is 1. The Labute approximate surface area is 112 Å². The number of non-ortho nitro benzene ring substituents is 1. The number of nitro benzene ring substituents is 1. The molecule has 0 saturated heterocycles. The monoisotopic (exact) mass is 272 g/mol. The van der Waals surface area contributed by atoms with E-state index < -0.39 is 4.92 Å². The second-order valence-corrected chi connectivity index (χ2v) is 4.32. The number of rotatable bonds is 3. The van der Waals surface area contributed by atoms with Gasteiger partial charge >= 0.3 is 0 Å². The van der Waals surface area contributed by atoms with Gasteiger partial charge in [0.25, 0.3) is 5.69 Å². The van der Waals surface area contributed by atoms with Gasteiger partial charge in [0.1, 0.15) is 11.3 Å². The van der Waals surface area contributed by atoms with Crippen LogP contribution < -0.4 is 0 Å². The summed E-state index contributed by atoms with van der Waals surface area (Å²) in [6, 6.07) is 10.3. The minimum Gasteiger partial charge on any atom is -0.440 e.